The van der Waals surface area contributed by atoms with Crippen LogP contribution in [-0.4, -0.2) is 46.2 Å². The average Bonchev–Trinajstić information content (AvgIpc) is 2.96. The van der Waals surface area contributed by atoms with Crippen molar-refractivity contribution in [3.63, 3.8) is 0 Å². The van der Waals surface area contributed by atoms with Crippen LogP contribution in [-0.2, 0) is 4.74 Å². The van der Waals surface area contributed by atoms with Crippen molar-refractivity contribution in [2.45, 2.75) is 26.1 Å². The standard InChI is InChI=1S/C15H17N3O3/c1-10-8-18(9-11(2)20-10)15(19)13-6-14(21-17-13)12-4-3-5-16-7-12/h3-7,10-11H,8-9H2,1-2H3. The molecule has 2 unspecified atom stereocenters. The number of aromatic nitrogens is 2. The number of carbonyl (C=O) groups excluding carboxylic acids is 1. The second-order valence-corrected chi connectivity index (χ2v) is 5.29. The highest BCUT2D eigenvalue weighted by Crippen LogP contribution is 2.21. The van der Waals surface area contributed by atoms with Gasteiger partial charge in [0.25, 0.3) is 5.91 Å². The van der Waals surface area contributed by atoms with Gasteiger partial charge in [-0.2, -0.15) is 0 Å². The summed E-state index contributed by atoms with van der Waals surface area (Å²) in [4.78, 5) is 18.2. The Hall–Kier alpha value is -2.21. The second-order valence-electron chi connectivity index (χ2n) is 5.29. The summed E-state index contributed by atoms with van der Waals surface area (Å²) in [6.07, 6.45) is 3.42. The summed E-state index contributed by atoms with van der Waals surface area (Å²) in [5.41, 5.74) is 1.11. The summed E-state index contributed by atoms with van der Waals surface area (Å²) < 4.78 is 10.9. The number of amides is 1. The van der Waals surface area contributed by atoms with Crippen molar-refractivity contribution in [3.05, 3.63) is 36.3 Å². The van der Waals surface area contributed by atoms with Crippen LogP contribution >= 0.6 is 0 Å². The van der Waals surface area contributed by atoms with E-state index in [0.717, 1.165) is 5.56 Å². The SMILES string of the molecule is CC1CN(C(=O)c2cc(-c3cccnc3)on2)CC(C)O1. The van der Waals surface area contributed by atoms with Crippen LogP contribution in [0.15, 0.2) is 35.1 Å². The zero-order valence-corrected chi connectivity index (χ0v) is 12.0. The van der Waals surface area contributed by atoms with E-state index in [9.17, 15) is 4.79 Å². The minimum atomic E-state index is -0.129. The third-order valence-corrected chi connectivity index (χ3v) is 3.38. The maximum Gasteiger partial charge on any atom is 0.276 e. The van der Waals surface area contributed by atoms with E-state index in [2.05, 4.69) is 10.1 Å². The normalized spacial score (nSPS) is 22.3. The molecule has 3 rings (SSSR count). The predicted octanol–water partition coefficient (Wildman–Crippen LogP) is 1.99. The molecular weight excluding hydrogens is 270 g/mol. The Morgan fingerprint density at radius 3 is 2.76 bits per heavy atom. The Balaban J connectivity index is 1.78. The number of hydrogen-bond acceptors (Lipinski definition) is 5. The largest absolute Gasteiger partial charge is 0.372 e. The van der Waals surface area contributed by atoms with Crippen LogP contribution in [0.1, 0.15) is 24.3 Å². The summed E-state index contributed by atoms with van der Waals surface area (Å²) in [6.45, 7) is 5.05. The fourth-order valence-electron chi connectivity index (χ4n) is 2.53. The van der Waals surface area contributed by atoms with E-state index in [1.165, 1.54) is 0 Å². The van der Waals surface area contributed by atoms with Gasteiger partial charge in [0.2, 0.25) is 0 Å². The summed E-state index contributed by atoms with van der Waals surface area (Å²) in [6, 6.07) is 5.33. The van der Waals surface area contributed by atoms with E-state index in [0.29, 0.717) is 24.5 Å². The van der Waals surface area contributed by atoms with E-state index in [1.54, 1.807) is 23.4 Å². The van der Waals surface area contributed by atoms with Gasteiger partial charge in [0.05, 0.1) is 12.2 Å². The quantitative estimate of drug-likeness (QED) is 0.845. The lowest BCUT2D eigenvalue weighted by Gasteiger charge is -2.34. The Kier molecular flexibility index (Phi) is 3.70. The highest BCUT2D eigenvalue weighted by molar-refractivity contribution is 5.93. The predicted molar refractivity (Wildman–Crippen MR) is 75.6 cm³/mol. The summed E-state index contributed by atoms with van der Waals surface area (Å²) >= 11 is 0. The number of morpholine rings is 1. The van der Waals surface area contributed by atoms with Crippen molar-refractivity contribution in [1.82, 2.24) is 15.0 Å². The Morgan fingerprint density at radius 2 is 2.10 bits per heavy atom. The second kappa shape index (κ2) is 5.65. The smallest absolute Gasteiger partial charge is 0.276 e. The molecule has 3 heterocycles. The Morgan fingerprint density at radius 1 is 1.33 bits per heavy atom. The summed E-state index contributed by atoms with van der Waals surface area (Å²) in [7, 11) is 0. The Labute approximate surface area is 122 Å². The van der Waals surface area contributed by atoms with Crippen molar-refractivity contribution < 1.29 is 14.1 Å². The molecule has 0 radical (unpaired) electrons. The molecule has 0 saturated carbocycles. The minimum Gasteiger partial charge on any atom is -0.372 e. The van der Waals surface area contributed by atoms with E-state index < -0.39 is 0 Å². The van der Waals surface area contributed by atoms with Crippen LogP contribution in [0, 0.1) is 0 Å². The molecule has 0 aliphatic carbocycles. The van der Waals surface area contributed by atoms with Gasteiger partial charge in [0.1, 0.15) is 0 Å². The monoisotopic (exact) mass is 287 g/mol. The van der Waals surface area contributed by atoms with Crippen molar-refractivity contribution in [2.24, 2.45) is 0 Å². The number of nitrogens with zero attached hydrogens (tertiary/aromatic N) is 3. The molecule has 110 valence electrons. The molecular formula is C15H17N3O3. The van der Waals surface area contributed by atoms with E-state index in [-0.39, 0.29) is 18.1 Å². The van der Waals surface area contributed by atoms with Crippen molar-refractivity contribution in [2.75, 3.05) is 13.1 Å². The molecule has 0 N–H and O–H groups in total. The summed E-state index contributed by atoms with van der Waals surface area (Å²) in [5, 5.41) is 3.88. The molecule has 6 nitrogen and oxygen atoms in total. The van der Waals surface area contributed by atoms with Crippen LogP contribution in [0.2, 0.25) is 0 Å². The molecule has 1 aliphatic rings. The van der Waals surface area contributed by atoms with E-state index in [1.807, 2.05) is 26.0 Å². The molecule has 6 heteroatoms. The van der Waals surface area contributed by atoms with Gasteiger partial charge >= 0.3 is 0 Å². The minimum absolute atomic E-state index is 0.0300. The fraction of sp³-hybridized carbons (Fsp3) is 0.400. The van der Waals surface area contributed by atoms with Crippen molar-refractivity contribution >= 4 is 5.91 Å². The van der Waals surface area contributed by atoms with Gasteiger partial charge in [-0.25, -0.2) is 0 Å². The topological polar surface area (TPSA) is 68.5 Å². The van der Waals surface area contributed by atoms with Gasteiger partial charge in [-0.1, -0.05) is 5.16 Å². The maximum absolute atomic E-state index is 12.5. The molecule has 1 amide bonds. The zero-order valence-electron chi connectivity index (χ0n) is 12.0. The lowest BCUT2D eigenvalue weighted by atomic mass is 10.2. The number of ether oxygens (including phenoxy) is 1. The van der Waals surface area contributed by atoms with Crippen molar-refractivity contribution in [1.29, 1.82) is 0 Å². The van der Waals surface area contributed by atoms with E-state index in [4.69, 9.17) is 9.26 Å². The molecule has 2 aromatic heterocycles. The van der Waals surface area contributed by atoms with E-state index >= 15 is 0 Å². The van der Waals surface area contributed by atoms with Gasteiger partial charge in [0.15, 0.2) is 11.5 Å². The van der Waals surface area contributed by atoms with Gasteiger partial charge in [0, 0.05) is 37.1 Å². The van der Waals surface area contributed by atoms with Gasteiger partial charge in [-0.05, 0) is 26.0 Å². The molecule has 2 atom stereocenters. The molecule has 1 fully saturated rings. The molecule has 2 aromatic rings. The average molecular weight is 287 g/mol. The first-order valence-electron chi connectivity index (χ1n) is 6.95. The number of carbonyl (C=O) groups is 1. The summed E-state index contributed by atoms with van der Waals surface area (Å²) in [5.74, 6) is 0.414. The number of pyridine rings is 1. The molecule has 0 aromatic carbocycles. The highest BCUT2D eigenvalue weighted by atomic mass is 16.5. The van der Waals surface area contributed by atoms with Crippen LogP contribution < -0.4 is 0 Å². The van der Waals surface area contributed by atoms with Crippen LogP contribution in [0.3, 0.4) is 0 Å². The van der Waals surface area contributed by atoms with Crippen LogP contribution in [0.25, 0.3) is 11.3 Å². The molecule has 0 bridgehead atoms. The first-order chi connectivity index (χ1) is 10.1. The van der Waals surface area contributed by atoms with Gasteiger partial charge < -0.3 is 14.2 Å². The first-order valence-corrected chi connectivity index (χ1v) is 6.95. The Bertz CT molecular complexity index is 616. The number of rotatable bonds is 2. The third kappa shape index (κ3) is 2.95. The lowest BCUT2D eigenvalue weighted by molar-refractivity contribution is -0.0588. The first kappa shape index (κ1) is 13.8. The molecule has 0 spiro atoms. The van der Waals surface area contributed by atoms with Crippen LogP contribution in [0.4, 0.5) is 0 Å². The number of hydrogen-bond donors (Lipinski definition) is 0. The van der Waals surface area contributed by atoms with Crippen molar-refractivity contribution in [3.8, 4) is 11.3 Å². The zero-order chi connectivity index (χ0) is 14.8. The molecule has 1 saturated heterocycles. The molecule has 21 heavy (non-hydrogen) atoms. The van der Waals surface area contributed by atoms with Gasteiger partial charge in [-0.3, -0.25) is 9.78 Å². The highest BCUT2D eigenvalue weighted by Gasteiger charge is 2.28. The fourth-order valence-corrected chi connectivity index (χ4v) is 2.53. The lowest BCUT2D eigenvalue weighted by Crippen LogP contribution is -2.48. The maximum atomic E-state index is 12.5. The molecule has 1 aliphatic heterocycles. The van der Waals surface area contributed by atoms with Gasteiger partial charge in [-0.15, -0.1) is 0 Å². The van der Waals surface area contributed by atoms with Crippen LogP contribution in [0.5, 0.6) is 0 Å². The third-order valence-electron chi connectivity index (χ3n) is 3.38.